The molecule has 2 aromatic heterocycles. The molecule has 0 bridgehead atoms. The lowest BCUT2D eigenvalue weighted by atomic mass is 9.80. The summed E-state index contributed by atoms with van der Waals surface area (Å²) in [6.45, 7) is 7.02. The molecule has 0 radical (unpaired) electrons. The Kier molecular flexibility index (Phi) is 5.47. The molecule has 0 aliphatic heterocycles. The van der Waals surface area contributed by atoms with Crippen molar-refractivity contribution in [2.75, 3.05) is 0 Å². The Morgan fingerprint density at radius 3 is 2.16 bits per heavy atom. The van der Waals surface area contributed by atoms with E-state index in [2.05, 4.69) is 160 Å². The van der Waals surface area contributed by atoms with Crippen LogP contribution in [0.4, 0.5) is 0 Å². The van der Waals surface area contributed by atoms with Crippen molar-refractivity contribution in [2.24, 2.45) is 0 Å². The first kappa shape index (κ1) is 27.9. The number of fused-ring (bicyclic) bond motifs is 12. The van der Waals surface area contributed by atoms with Crippen LogP contribution in [0.1, 0.15) is 53.1 Å². The van der Waals surface area contributed by atoms with Crippen molar-refractivity contribution in [3.63, 3.8) is 0 Å². The molecule has 0 spiro atoms. The third kappa shape index (κ3) is 3.55. The summed E-state index contributed by atoms with van der Waals surface area (Å²) in [6, 6.07) is 51.1. The first-order valence-electron chi connectivity index (χ1n) is 17.6. The summed E-state index contributed by atoms with van der Waals surface area (Å²) in [7, 11) is 0. The van der Waals surface area contributed by atoms with Crippen LogP contribution in [0.2, 0.25) is 0 Å². The highest BCUT2D eigenvalue weighted by Gasteiger charge is 2.40. The van der Waals surface area contributed by atoms with Gasteiger partial charge in [-0.2, -0.15) is 0 Å². The zero-order chi connectivity index (χ0) is 33.3. The summed E-state index contributed by atoms with van der Waals surface area (Å²) in [5.74, 6) is -0.0326. The monoisotopic (exact) mass is 639 g/mol. The highest BCUT2D eigenvalue weighted by atomic mass is 16.3. The molecule has 50 heavy (non-hydrogen) atoms. The van der Waals surface area contributed by atoms with Crippen molar-refractivity contribution >= 4 is 43.6 Å². The number of hydrogen-bond acceptors (Lipinski definition) is 2. The summed E-state index contributed by atoms with van der Waals surface area (Å²) in [6.07, 6.45) is 0. The lowest BCUT2D eigenvalue weighted by Crippen LogP contribution is -2.14. The van der Waals surface area contributed by atoms with Gasteiger partial charge in [0.2, 0.25) is 0 Å². The van der Waals surface area contributed by atoms with Crippen LogP contribution >= 0.6 is 0 Å². The van der Waals surface area contributed by atoms with Crippen molar-refractivity contribution in [3.8, 4) is 33.5 Å². The van der Waals surface area contributed by atoms with Gasteiger partial charge >= 0.3 is 0 Å². The Balaban J connectivity index is 1.29. The van der Waals surface area contributed by atoms with Gasteiger partial charge in [0, 0.05) is 33.1 Å². The van der Waals surface area contributed by atoms with Gasteiger partial charge in [-0.1, -0.05) is 129 Å². The molecule has 2 heterocycles. The van der Waals surface area contributed by atoms with E-state index in [-0.39, 0.29) is 11.3 Å². The van der Waals surface area contributed by atoms with Crippen LogP contribution in [0.15, 0.2) is 144 Å². The van der Waals surface area contributed by atoms with Gasteiger partial charge in [-0.25, -0.2) is 4.98 Å². The molecule has 2 aliphatic carbocycles. The summed E-state index contributed by atoms with van der Waals surface area (Å²) in [5, 5.41) is 6.04. The first-order valence-corrected chi connectivity index (χ1v) is 17.6. The smallest absolute Gasteiger partial charge is 0.135 e. The molecule has 2 heteroatoms. The zero-order valence-electron chi connectivity index (χ0n) is 28.2. The van der Waals surface area contributed by atoms with E-state index < -0.39 is 0 Å². The molecule has 2 aliphatic rings. The van der Waals surface area contributed by atoms with Crippen LogP contribution < -0.4 is 0 Å². The second kappa shape index (κ2) is 9.80. The Labute approximate surface area is 290 Å². The molecule has 236 valence electrons. The quantitative estimate of drug-likeness (QED) is 0.188. The first-order chi connectivity index (χ1) is 24.5. The number of furan rings is 1. The number of benzene rings is 7. The topological polar surface area (TPSA) is 26.0 Å². The lowest BCUT2D eigenvalue weighted by Gasteiger charge is -2.24. The average molecular weight is 640 g/mol. The van der Waals surface area contributed by atoms with E-state index >= 15 is 0 Å². The molecule has 0 amide bonds. The Morgan fingerprint density at radius 1 is 0.540 bits per heavy atom. The van der Waals surface area contributed by atoms with E-state index in [9.17, 15) is 0 Å². The van der Waals surface area contributed by atoms with Crippen LogP contribution in [-0.4, -0.2) is 4.98 Å². The molecule has 0 fully saturated rings. The van der Waals surface area contributed by atoms with Crippen molar-refractivity contribution in [1.29, 1.82) is 0 Å². The van der Waals surface area contributed by atoms with E-state index in [1.165, 1.54) is 77.4 Å². The van der Waals surface area contributed by atoms with Gasteiger partial charge in [-0.3, -0.25) is 0 Å². The standard InChI is InChI=1S/C48H33NO/c1-27-29-14-7-10-21-40(29)49-47(34-18-12-20-39-45(34)32-17-6-9-19-38(32)48(39,2)3)43(27)46-33-24-23-28-13-4-5-15-30(28)44(33)36-25-35-31-16-8-11-22-41(31)50-42(35)26-37(36)46/h4-26,46H,1-3H3. The van der Waals surface area contributed by atoms with Crippen molar-refractivity contribution in [2.45, 2.75) is 32.1 Å². The third-order valence-corrected chi connectivity index (χ3v) is 11.8. The molecular weight excluding hydrogens is 607 g/mol. The number of nitrogens with zero attached hydrogens (tertiary/aromatic N) is 1. The maximum atomic E-state index is 6.57. The molecule has 0 saturated carbocycles. The number of aromatic nitrogens is 1. The van der Waals surface area contributed by atoms with Crippen LogP contribution in [-0.2, 0) is 5.41 Å². The maximum absolute atomic E-state index is 6.57. The second-order valence-corrected chi connectivity index (χ2v) is 14.6. The van der Waals surface area contributed by atoms with Gasteiger partial charge in [0.1, 0.15) is 11.2 Å². The second-order valence-electron chi connectivity index (χ2n) is 14.6. The average Bonchev–Trinajstić information content (AvgIpc) is 3.76. The predicted molar refractivity (Wildman–Crippen MR) is 207 cm³/mol. The summed E-state index contributed by atoms with van der Waals surface area (Å²) in [5.41, 5.74) is 18.1. The Hall–Kier alpha value is -5.99. The van der Waals surface area contributed by atoms with E-state index in [0.29, 0.717) is 0 Å². The van der Waals surface area contributed by atoms with E-state index in [1.807, 2.05) is 0 Å². The molecule has 0 N–H and O–H groups in total. The summed E-state index contributed by atoms with van der Waals surface area (Å²) in [4.78, 5) is 5.63. The number of hydrogen-bond donors (Lipinski definition) is 0. The normalized spacial score (nSPS) is 15.5. The SMILES string of the molecule is Cc1c(C2c3cc4oc5ccccc5c4cc3-c3c2ccc2ccccc32)c(-c2cccc3c2-c2ccccc2C3(C)C)nc2ccccc12. The van der Waals surface area contributed by atoms with Crippen molar-refractivity contribution < 1.29 is 4.42 Å². The zero-order valence-corrected chi connectivity index (χ0v) is 28.2. The number of rotatable bonds is 2. The minimum Gasteiger partial charge on any atom is -0.456 e. The number of aryl methyl sites for hydroxylation is 1. The fourth-order valence-electron chi connectivity index (χ4n) is 9.45. The van der Waals surface area contributed by atoms with Gasteiger partial charge in [-0.15, -0.1) is 0 Å². The Morgan fingerprint density at radius 2 is 1.26 bits per heavy atom. The van der Waals surface area contributed by atoms with E-state index in [0.717, 1.165) is 33.1 Å². The Bertz CT molecular complexity index is 2920. The predicted octanol–water partition coefficient (Wildman–Crippen LogP) is 12.7. The van der Waals surface area contributed by atoms with Crippen molar-refractivity contribution in [1.82, 2.24) is 4.98 Å². The highest BCUT2D eigenvalue weighted by Crippen LogP contribution is 2.57. The molecule has 7 aromatic carbocycles. The minimum atomic E-state index is -0.105. The molecule has 0 saturated heterocycles. The molecule has 1 unspecified atom stereocenters. The highest BCUT2D eigenvalue weighted by molar-refractivity contribution is 6.11. The van der Waals surface area contributed by atoms with Gasteiger partial charge in [0.05, 0.1) is 11.2 Å². The third-order valence-electron chi connectivity index (χ3n) is 11.8. The van der Waals surface area contributed by atoms with Gasteiger partial charge < -0.3 is 4.42 Å². The maximum Gasteiger partial charge on any atom is 0.135 e. The van der Waals surface area contributed by atoms with Crippen LogP contribution in [0.3, 0.4) is 0 Å². The van der Waals surface area contributed by atoms with Gasteiger partial charge in [-0.05, 0) is 97.6 Å². The van der Waals surface area contributed by atoms with Crippen LogP contribution in [0.25, 0.3) is 77.1 Å². The minimum absolute atomic E-state index is 0.0326. The van der Waals surface area contributed by atoms with Crippen LogP contribution in [0, 0.1) is 6.92 Å². The molecule has 9 aromatic rings. The summed E-state index contributed by atoms with van der Waals surface area (Å²) >= 11 is 0. The molecule has 2 nitrogen and oxygen atoms in total. The largest absolute Gasteiger partial charge is 0.456 e. The van der Waals surface area contributed by atoms with Gasteiger partial charge in [0.15, 0.2) is 0 Å². The number of pyridine rings is 1. The van der Waals surface area contributed by atoms with E-state index in [1.54, 1.807) is 0 Å². The molecule has 1 atom stereocenters. The summed E-state index contributed by atoms with van der Waals surface area (Å²) < 4.78 is 6.57. The van der Waals surface area contributed by atoms with Crippen molar-refractivity contribution in [3.05, 3.63) is 173 Å². The fraction of sp³-hybridized carbons (Fsp3) is 0.104. The van der Waals surface area contributed by atoms with Crippen LogP contribution in [0.5, 0.6) is 0 Å². The lowest BCUT2D eigenvalue weighted by molar-refractivity contribution is 0.660. The molecular formula is C48H33NO. The van der Waals surface area contributed by atoms with Gasteiger partial charge in [0.25, 0.3) is 0 Å². The van der Waals surface area contributed by atoms with E-state index in [4.69, 9.17) is 9.40 Å². The molecule has 11 rings (SSSR count). The fourth-order valence-corrected chi connectivity index (χ4v) is 9.45. The number of para-hydroxylation sites is 2.